The molecule has 1 N–H and O–H groups in total. The zero-order valence-electron chi connectivity index (χ0n) is 14.5. The summed E-state index contributed by atoms with van der Waals surface area (Å²) in [6.45, 7) is 13.2. The number of fused-ring (bicyclic) bond motifs is 1. The van der Waals surface area contributed by atoms with Crippen molar-refractivity contribution in [3.05, 3.63) is 23.8 Å². The van der Waals surface area contributed by atoms with Crippen LogP contribution < -0.4 is 0 Å². The van der Waals surface area contributed by atoms with Crippen molar-refractivity contribution in [2.75, 3.05) is 0 Å². The number of allylic oxidation sites excluding steroid dienone is 3. The van der Waals surface area contributed by atoms with Gasteiger partial charge in [-0.1, -0.05) is 37.1 Å². The smallest absolute Gasteiger partial charge is 0.0650 e. The highest BCUT2D eigenvalue weighted by Crippen LogP contribution is 2.51. The van der Waals surface area contributed by atoms with E-state index in [-0.39, 0.29) is 0 Å². The summed E-state index contributed by atoms with van der Waals surface area (Å²) in [7, 11) is 0. The zero-order valence-corrected chi connectivity index (χ0v) is 14.5. The molecule has 0 saturated heterocycles. The summed E-state index contributed by atoms with van der Waals surface area (Å²) in [4.78, 5) is 0. The highest BCUT2D eigenvalue weighted by molar-refractivity contribution is 5.08. The van der Waals surface area contributed by atoms with E-state index >= 15 is 0 Å². The Morgan fingerprint density at radius 2 is 2.00 bits per heavy atom. The van der Waals surface area contributed by atoms with Gasteiger partial charge in [0.15, 0.2) is 0 Å². The van der Waals surface area contributed by atoms with Crippen molar-refractivity contribution in [2.45, 2.75) is 78.2 Å². The fourth-order valence-electron chi connectivity index (χ4n) is 4.66. The SMILES string of the molecule is C=C(CCC=C(C)C)[C@@H]1CC[C@](C)(O)[C@H]2CC[C@@H](C)[C@H]2C1. The van der Waals surface area contributed by atoms with Gasteiger partial charge in [-0.15, -0.1) is 0 Å². The van der Waals surface area contributed by atoms with Crippen LogP contribution in [0.1, 0.15) is 72.6 Å². The van der Waals surface area contributed by atoms with Gasteiger partial charge in [-0.05, 0) is 83.0 Å². The largest absolute Gasteiger partial charge is 0.390 e. The van der Waals surface area contributed by atoms with Crippen molar-refractivity contribution >= 4 is 0 Å². The van der Waals surface area contributed by atoms with Gasteiger partial charge in [0.2, 0.25) is 0 Å². The van der Waals surface area contributed by atoms with Crippen LogP contribution in [0.5, 0.6) is 0 Å². The topological polar surface area (TPSA) is 20.2 Å². The van der Waals surface area contributed by atoms with Crippen LogP contribution in [-0.2, 0) is 0 Å². The highest BCUT2D eigenvalue weighted by Gasteiger charge is 2.46. The van der Waals surface area contributed by atoms with E-state index < -0.39 is 5.60 Å². The van der Waals surface area contributed by atoms with Crippen LogP contribution in [0.3, 0.4) is 0 Å². The summed E-state index contributed by atoms with van der Waals surface area (Å²) < 4.78 is 0. The van der Waals surface area contributed by atoms with Gasteiger partial charge in [-0.2, -0.15) is 0 Å². The number of aliphatic hydroxyl groups is 1. The van der Waals surface area contributed by atoms with Crippen molar-refractivity contribution in [3.63, 3.8) is 0 Å². The van der Waals surface area contributed by atoms with Crippen molar-refractivity contribution < 1.29 is 5.11 Å². The molecule has 21 heavy (non-hydrogen) atoms. The normalized spacial score (nSPS) is 39.5. The van der Waals surface area contributed by atoms with E-state index in [2.05, 4.69) is 40.3 Å². The molecule has 2 fully saturated rings. The molecule has 0 unspecified atom stereocenters. The Bertz CT molecular complexity index is 400. The van der Waals surface area contributed by atoms with Gasteiger partial charge in [0.25, 0.3) is 0 Å². The second-order valence-electron chi connectivity index (χ2n) is 8.13. The standard InChI is InChI=1S/C20H34O/c1-14(2)7-6-8-15(3)17-11-12-20(5,21)19-10-9-16(4)18(19)13-17/h7,16-19,21H,3,6,8-13H2,1-2,4-5H3/t16-,17-,18-,19+,20+/m1/s1. The van der Waals surface area contributed by atoms with Crippen molar-refractivity contribution in [1.29, 1.82) is 0 Å². The monoisotopic (exact) mass is 290 g/mol. The lowest BCUT2D eigenvalue weighted by molar-refractivity contribution is -0.0208. The number of rotatable bonds is 4. The molecular weight excluding hydrogens is 256 g/mol. The van der Waals surface area contributed by atoms with Crippen LogP contribution in [0, 0.1) is 23.7 Å². The molecule has 0 amide bonds. The van der Waals surface area contributed by atoms with Gasteiger partial charge in [0.05, 0.1) is 5.60 Å². The van der Waals surface area contributed by atoms with Gasteiger partial charge in [0, 0.05) is 0 Å². The lowest BCUT2D eigenvalue weighted by Crippen LogP contribution is -2.36. The molecule has 0 aromatic carbocycles. The zero-order chi connectivity index (χ0) is 15.6. The lowest BCUT2D eigenvalue weighted by atomic mass is 9.77. The molecule has 1 nitrogen and oxygen atoms in total. The van der Waals surface area contributed by atoms with Crippen molar-refractivity contribution in [1.82, 2.24) is 0 Å². The predicted molar refractivity (Wildman–Crippen MR) is 91.1 cm³/mol. The summed E-state index contributed by atoms with van der Waals surface area (Å²) in [6, 6.07) is 0. The molecule has 0 radical (unpaired) electrons. The molecule has 1 heteroatoms. The molecule has 0 aromatic heterocycles. The molecule has 2 rings (SSSR count). The van der Waals surface area contributed by atoms with Crippen molar-refractivity contribution in [2.24, 2.45) is 23.7 Å². The third-order valence-corrected chi connectivity index (χ3v) is 6.13. The third kappa shape index (κ3) is 4.00. The van der Waals surface area contributed by atoms with E-state index in [1.54, 1.807) is 0 Å². The Morgan fingerprint density at radius 1 is 1.29 bits per heavy atom. The molecule has 0 aromatic rings. The Labute approximate surface area is 131 Å². The summed E-state index contributed by atoms with van der Waals surface area (Å²) in [5.74, 6) is 2.61. The van der Waals surface area contributed by atoms with E-state index in [4.69, 9.17) is 0 Å². The Hall–Kier alpha value is -0.560. The summed E-state index contributed by atoms with van der Waals surface area (Å²) in [6.07, 6.45) is 10.4. The van der Waals surface area contributed by atoms with E-state index in [1.807, 2.05) is 0 Å². The molecule has 0 heterocycles. The first-order valence-corrected chi connectivity index (χ1v) is 8.84. The van der Waals surface area contributed by atoms with Crippen LogP contribution in [-0.4, -0.2) is 10.7 Å². The number of hydrogen-bond acceptors (Lipinski definition) is 1. The minimum atomic E-state index is -0.454. The predicted octanol–water partition coefficient (Wildman–Crippen LogP) is 5.50. The van der Waals surface area contributed by atoms with E-state index in [0.717, 1.165) is 31.6 Å². The molecule has 0 aliphatic heterocycles. The van der Waals surface area contributed by atoms with E-state index in [9.17, 15) is 5.11 Å². The van der Waals surface area contributed by atoms with Crippen LogP contribution in [0.2, 0.25) is 0 Å². The van der Waals surface area contributed by atoms with E-state index in [1.165, 1.54) is 30.4 Å². The van der Waals surface area contributed by atoms with E-state index in [0.29, 0.717) is 17.8 Å². The maximum absolute atomic E-state index is 10.9. The highest BCUT2D eigenvalue weighted by atomic mass is 16.3. The Kier molecular flexibility index (Phi) is 5.35. The molecule has 2 aliphatic carbocycles. The van der Waals surface area contributed by atoms with Crippen LogP contribution in [0.15, 0.2) is 23.8 Å². The summed E-state index contributed by atoms with van der Waals surface area (Å²) in [5, 5.41) is 10.9. The molecule has 5 atom stereocenters. The molecule has 2 saturated carbocycles. The van der Waals surface area contributed by atoms with Crippen molar-refractivity contribution in [3.8, 4) is 0 Å². The first kappa shape index (κ1) is 16.8. The molecule has 0 spiro atoms. The molecular formula is C20H34O. The van der Waals surface area contributed by atoms with Gasteiger partial charge in [-0.3, -0.25) is 0 Å². The minimum Gasteiger partial charge on any atom is -0.390 e. The average Bonchev–Trinajstić information content (AvgIpc) is 2.69. The van der Waals surface area contributed by atoms with Gasteiger partial charge in [0.1, 0.15) is 0 Å². The maximum atomic E-state index is 10.9. The van der Waals surface area contributed by atoms with Gasteiger partial charge < -0.3 is 5.11 Å². The minimum absolute atomic E-state index is 0.454. The molecule has 120 valence electrons. The van der Waals surface area contributed by atoms with Crippen LogP contribution >= 0.6 is 0 Å². The number of hydrogen-bond donors (Lipinski definition) is 1. The fraction of sp³-hybridized carbons (Fsp3) is 0.800. The maximum Gasteiger partial charge on any atom is 0.0650 e. The quantitative estimate of drug-likeness (QED) is 0.678. The summed E-state index contributed by atoms with van der Waals surface area (Å²) in [5.41, 5.74) is 2.36. The second kappa shape index (κ2) is 6.69. The van der Waals surface area contributed by atoms with Crippen LogP contribution in [0.25, 0.3) is 0 Å². The molecule has 0 bridgehead atoms. The van der Waals surface area contributed by atoms with Crippen LogP contribution in [0.4, 0.5) is 0 Å². The Balaban J connectivity index is 2.02. The Morgan fingerprint density at radius 3 is 2.67 bits per heavy atom. The first-order chi connectivity index (χ1) is 9.81. The average molecular weight is 290 g/mol. The fourth-order valence-corrected chi connectivity index (χ4v) is 4.66. The van der Waals surface area contributed by atoms with Gasteiger partial charge in [-0.25, -0.2) is 0 Å². The molecule has 2 aliphatic rings. The lowest BCUT2D eigenvalue weighted by Gasteiger charge is -2.33. The second-order valence-corrected chi connectivity index (χ2v) is 8.13. The third-order valence-electron chi connectivity index (χ3n) is 6.13. The van der Waals surface area contributed by atoms with Gasteiger partial charge >= 0.3 is 0 Å². The first-order valence-electron chi connectivity index (χ1n) is 8.84. The summed E-state index contributed by atoms with van der Waals surface area (Å²) >= 11 is 0.